The summed E-state index contributed by atoms with van der Waals surface area (Å²) in [5, 5.41) is 11.3. The van der Waals surface area contributed by atoms with Crippen LogP contribution in [0.4, 0.5) is 0 Å². The smallest absolute Gasteiger partial charge is 0.347 e. The fourth-order valence-corrected chi connectivity index (χ4v) is 2.54. The number of nitriles is 1. The van der Waals surface area contributed by atoms with Crippen LogP contribution in [0.1, 0.15) is 18.1 Å². The summed E-state index contributed by atoms with van der Waals surface area (Å²) in [6.45, 7) is 0.910. The number of nitrogens with zero attached hydrogens (tertiary/aromatic N) is 1. The van der Waals surface area contributed by atoms with Crippen molar-refractivity contribution in [1.29, 1.82) is 5.26 Å². The molecular formula is C22H22N2O6. The number of amides is 1. The number of carbonyl (C=O) groups is 3. The molecule has 2 aromatic rings. The molecule has 0 heterocycles. The maximum atomic E-state index is 12.2. The third-order valence-corrected chi connectivity index (χ3v) is 4.08. The van der Waals surface area contributed by atoms with E-state index >= 15 is 0 Å². The second-order valence-corrected chi connectivity index (χ2v) is 6.34. The van der Waals surface area contributed by atoms with E-state index in [0.717, 1.165) is 5.56 Å². The van der Waals surface area contributed by atoms with Gasteiger partial charge < -0.3 is 19.5 Å². The quantitative estimate of drug-likeness (QED) is 0.627. The standard InChI is InChI=1S/C22H22N2O6/c1-15(30-18-10-8-17(13-23)9-11-18)21(26)29-14-20(25)24-19(22(27)28-2)12-16-6-4-3-5-7-16/h3-11,15,19H,12,14H2,1-2H3,(H,24,25)/t15-,19+/m1/s1. The molecule has 0 aromatic heterocycles. The lowest BCUT2D eigenvalue weighted by Gasteiger charge is -2.17. The molecule has 8 heteroatoms. The van der Waals surface area contributed by atoms with E-state index in [2.05, 4.69) is 5.32 Å². The van der Waals surface area contributed by atoms with Gasteiger partial charge in [-0.05, 0) is 36.8 Å². The summed E-state index contributed by atoms with van der Waals surface area (Å²) in [6, 6.07) is 16.4. The van der Waals surface area contributed by atoms with E-state index in [4.69, 9.17) is 19.5 Å². The predicted octanol–water partition coefficient (Wildman–Crippen LogP) is 1.77. The Morgan fingerprint density at radius 3 is 2.30 bits per heavy atom. The normalized spacial score (nSPS) is 12.0. The minimum absolute atomic E-state index is 0.241. The molecule has 0 aliphatic heterocycles. The first-order valence-electron chi connectivity index (χ1n) is 9.17. The van der Waals surface area contributed by atoms with Crippen LogP contribution in [0, 0.1) is 11.3 Å². The number of benzene rings is 2. The average Bonchev–Trinajstić information content (AvgIpc) is 2.77. The van der Waals surface area contributed by atoms with Crippen LogP contribution in [0.2, 0.25) is 0 Å². The fraction of sp³-hybridized carbons (Fsp3) is 0.273. The number of nitrogens with one attached hydrogen (secondary N) is 1. The first-order chi connectivity index (χ1) is 14.4. The van der Waals surface area contributed by atoms with Crippen molar-refractivity contribution in [2.75, 3.05) is 13.7 Å². The molecule has 2 rings (SSSR count). The summed E-state index contributed by atoms with van der Waals surface area (Å²) < 4.78 is 15.1. The first kappa shape index (κ1) is 22.4. The molecule has 0 fully saturated rings. The van der Waals surface area contributed by atoms with E-state index in [0.29, 0.717) is 11.3 Å². The topological polar surface area (TPSA) is 115 Å². The van der Waals surface area contributed by atoms with Crippen LogP contribution in [0.15, 0.2) is 54.6 Å². The van der Waals surface area contributed by atoms with Crippen molar-refractivity contribution in [3.05, 3.63) is 65.7 Å². The molecule has 0 bridgehead atoms. The lowest BCUT2D eigenvalue weighted by molar-refractivity contribution is -0.155. The highest BCUT2D eigenvalue weighted by atomic mass is 16.6. The van der Waals surface area contributed by atoms with E-state index in [1.54, 1.807) is 24.3 Å². The van der Waals surface area contributed by atoms with E-state index < -0.39 is 36.6 Å². The van der Waals surface area contributed by atoms with Crippen molar-refractivity contribution in [1.82, 2.24) is 5.32 Å². The first-order valence-corrected chi connectivity index (χ1v) is 9.17. The maximum Gasteiger partial charge on any atom is 0.347 e. The van der Waals surface area contributed by atoms with Gasteiger partial charge in [-0.2, -0.15) is 5.26 Å². The van der Waals surface area contributed by atoms with Gasteiger partial charge >= 0.3 is 11.9 Å². The highest BCUT2D eigenvalue weighted by Gasteiger charge is 2.23. The van der Waals surface area contributed by atoms with Gasteiger partial charge in [0.1, 0.15) is 11.8 Å². The Labute approximate surface area is 174 Å². The van der Waals surface area contributed by atoms with Gasteiger partial charge in [-0.15, -0.1) is 0 Å². The van der Waals surface area contributed by atoms with Crippen molar-refractivity contribution in [2.45, 2.75) is 25.5 Å². The molecule has 0 radical (unpaired) electrons. The Kier molecular flexibility index (Phi) is 8.39. The van der Waals surface area contributed by atoms with Crippen LogP contribution in [0.5, 0.6) is 5.75 Å². The summed E-state index contributed by atoms with van der Waals surface area (Å²) >= 11 is 0. The average molecular weight is 410 g/mol. The summed E-state index contributed by atoms with van der Waals surface area (Å²) in [4.78, 5) is 36.2. The van der Waals surface area contributed by atoms with Crippen LogP contribution >= 0.6 is 0 Å². The molecule has 8 nitrogen and oxygen atoms in total. The molecule has 2 aromatic carbocycles. The Morgan fingerprint density at radius 1 is 1.03 bits per heavy atom. The number of methoxy groups -OCH3 is 1. The lowest BCUT2D eigenvalue weighted by atomic mass is 10.1. The van der Waals surface area contributed by atoms with Crippen LogP contribution < -0.4 is 10.1 Å². The van der Waals surface area contributed by atoms with Gasteiger partial charge in [0.25, 0.3) is 5.91 Å². The number of hydrogen-bond acceptors (Lipinski definition) is 7. The maximum absolute atomic E-state index is 12.2. The molecule has 0 aliphatic rings. The summed E-state index contributed by atoms with van der Waals surface area (Å²) in [6.07, 6.45) is -0.725. The third kappa shape index (κ3) is 6.95. The van der Waals surface area contributed by atoms with Crippen molar-refractivity contribution in [3.63, 3.8) is 0 Å². The molecular weight excluding hydrogens is 388 g/mol. The summed E-state index contributed by atoms with van der Waals surface area (Å²) in [5.41, 5.74) is 1.31. The molecule has 0 saturated carbocycles. The minimum Gasteiger partial charge on any atom is -0.479 e. The van der Waals surface area contributed by atoms with Gasteiger partial charge in [0.15, 0.2) is 12.7 Å². The van der Waals surface area contributed by atoms with Crippen LogP contribution in [-0.2, 0) is 30.3 Å². The van der Waals surface area contributed by atoms with Gasteiger partial charge in [-0.25, -0.2) is 9.59 Å². The molecule has 1 N–H and O–H groups in total. The Balaban J connectivity index is 1.85. The zero-order chi connectivity index (χ0) is 21.9. The van der Waals surface area contributed by atoms with Gasteiger partial charge in [0.05, 0.1) is 18.7 Å². The summed E-state index contributed by atoms with van der Waals surface area (Å²) in [5.74, 6) is -1.60. The third-order valence-electron chi connectivity index (χ3n) is 4.08. The predicted molar refractivity (Wildman–Crippen MR) is 106 cm³/mol. The van der Waals surface area contributed by atoms with Crippen molar-refractivity contribution < 1.29 is 28.6 Å². The SMILES string of the molecule is COC(=O)[C@H](Cc1ccccc1)NC(=O)COC(=O)[C@@H](C)Oc1ccc(C#N)cc1. The molecule has 30 heavy (non-hydrogen) atoms. The van der Waals surface area contributed by atoms with Gasteiger partial charge in [0, 0.05) is 6.42 Å². The zero-order valence-corrected chi connectivity index (χ0v) is 16.7. The van der Waals surface area contributed by atoms with Gasteiger partial charge in [-0.1, -0.05) is 30.3 Å². The lowest BCUT2D eigenvalue weighted by Crippen LogP contribution is -2.45. The van der Waals surface area contributed by atoms with Crippen molar-refractivity contribution >= 4 is 17.8 Å². The number of hydrogen-bond donors (Lipinski definition) is 1. The number of carbonyl (C=O) groups excluding carboxylic acids is 3. The molecule has 0 saturated heterocycles. The van der Waals surface area contributed by atoms with E-state index in [1.807, 2.05) is 36.4 Å². The number of ether oxygens (including phenoxy) is 3. The highest BCUT2D eigenvalue weighted by molar-refractivity contribution is 5.86. The van der Waals surface area contributed by atoms with Crippen LogP contribution in [-0.4, -0.2) is 43.7 Å². The molecule has 156 valence electrons. The monoisotopic (exact) mass is 410 g/mol. The molecule has 0 unspecified atom stereocenters. The highest BCUT2D eigenvalue weighted by Crippen LogP contribution is 2.14. The minimum atomic E-state index is -0.966. The number of esters is 2. The Bertz CT molecular complexity index is 905. The van der Waals surface area contributed by atoms with Crippen LogP contribution in [0.3, 0.4) is 0 Å². The fourth-order valence-electron chi connectivity index (χ4n) is 2.54. The Hall–Kier alpha value is -3.86. The second-order valence-electron chi connectivity index (χ2n) is 6.34. The summed E-state index contributed by atoms with van der Waals surface area (Å²) in [7, 11) is 1.23. The van der Waals surface area contributed by atoms with Crippen molar-refractivity contribution in [2.24, 2.45) is 0 Å². The molecule has 0 spiro atoms. The largest absolute Gasteiger partial charge is 0.479 e. The van der Waals surface area contributed by atoms with E-state index in [1.165, 1.54) is 14.0 Å². The van der Waals surface area contributed by atoms with E-state index in [9.17, 15) is 14.4 Å². The molecule has 1 amide bonds. The van der Waals surface area contributed by atoms with Crippen LogP contribution in [0.25, 0.3) is 0 Å². The second kappa shape index (κ2) is 11.2. The van der Waals surface area contributed by atoms with Crippen molar-refractivity contribution in [3.8, 4) is 11.8 Å². The van der Waals surface area contributed by atoms with E-state index in [-0.39, 0.29) is 6.42 Å². The zero-order valence-electron chi connectivity index (χ0n) is 16.7. The number of rotatable bonds is 9. The van der Waals surface area contributed by atoms with Gasteiger partial charge in [0.2, 0.25) is 0 Å². The molecule has 0 aliphatic carbocycles. The molecule has 2 atom stereocenters. The Morgan fingerprint density at radius 2 is 1.70 bits per heavy atom. The van der Waals surface area contributed by atoms with Gasteiger partial charge in [-0.3, -0.25) is 4.79 Å².